The highest BCUT2D eigenvalue weighted by Gasteiger charge is 2.15. The predicted octanol–water partition coefficient (Wildman–Crippen LogP) is 2.04. The molecule has 0 atom stereocenters. The first-order chi connectivity index (χ1) is 13.8. The second kappa shape index (κ2) is 14.9. The minimum Gasteiger partial charge on any atom is -0.484 e. The number of hydrogen-bond acceptors (Lipinski definition) is 4. The van der Waals surface area contributed by atoms with Crippen molar-refractivity contribution in [2.24, 2.45) is 4.99 Å². The number of amides is 2. The number of ether oxygens (including phenoxy) is 1. The molecule has 0 aliphatic heterocycles. The van der Waals surface area contributed by atoms with Gasteiger partial charge in [-0.05, 0) is 38.5 Å². The molecule has 0 aliphatic carbocycles. The van der Waals surface area contributed by atoms with E-state index in [1.807, 2.05) is 57.0 Å². The second-order valence-corrected chi connectivity index (χ2v) is 6.82. The zero-order valence-corrected chi connectivity index (χ0v) is 21.3. The Kier molecular flexibility index (Phi) is 13.9. The number of benzene rings is 1. The van der Waals surface area contributed by atoms with Crippen molar-refractivity contribution >= 4 is 41.8 Å². The van der Waals surface area contributed by atoms with E-state index in [4.69, 9.17) is 4.74 Å². The van der Waals surface area contributed by atoms with Gasteiger partial charge in [0.2, 0.25) is 5.91 Å². The molecule has 2 amide bonds. The van der Waals surface area contributed by atoms with Crippen molar-refractivity contribution in [2.45, 2.75) is 27.3 Å². The number of hydrogen-bond donors (Lipinski definition) is 1. The summed E-state index contributed by atoms with van der Waals surface area (Å²) in [5, 5.41) is 3.22. The normalized spacial score (nSPS) is 10.7. The van der Waals surface area contributed by atoms with Gasteiger partial charge in [-0.1, -0.05) is 12.1 Å². The third kappa shape index (κ3) is 9.64. The Morgan fingerprint density at radius 1 is 1.07 bits per heavy atom. The summed E-state index contributed by atoms with van der Waals surface area (Å²) in [5.41, 5.74) is 0.957. The Hall–Kier alpha value is -2.04. The molecule has 0 saturated carbocycles. The highest BCUT2D eigenvalue weighted by Crippen LogP contribution is 2.14. The van der Waals surface area contributed by atoms with Crippen LogP contribution in [0.4, 0.5) is 0 Å². The SMILES string of the molecule is CCNC(=NCc1cccc(OCC(=O)N(C)C)c1)N(C)CC(=O)N(CC)CC.I. The maximum absolute atomic E-state index is 12.4. The van der Waals surface area contributed by atoms with Gasteiger partial charge in [-0.3, -0.25) is 9.59 Å². The topological polar surface area (TPSA) is 77.5 Å². The summed E-state index contributed by atoms with van der Waals surface area (Å²) in [6, 6.07) is 7.52. The van der Waals surface area contributed by atoms with Gasteiger partial charge in [0.1, 0.15) is 5.75 Å². The number of aliphatic imine (C=N–C) groups is 1. The van der Waals surface area contributed by atoms with E-state index < -0.39 is 0 Å². The first-order valence-electron chi connectivity index (χ1n) is 10.0. The molecule has 1 N–H and O–H groups in total. The lowest BCUT2D eigenvalue weighted by Crippen LogP contribution is -2.45. The smallest absolute Gasteiger partial charge is 0.259 e. The fraction of sp³-hybridized carbons (Fsp3) is 0.571. The second-order valence-electron chi connectivity index (χ2n) is 6.82. The van der Waals surface area contributed by atoms with E-state index >= 15 is 0 Å². The number of carbonyl (C=O) groups is 2. The third-order valence-corrected chi connectivity index (χ3v) is 4.36. The monoisotopic (exact) mass is 533 g/mol. The molecule has 0 heterocycles. The van der Waals surface area contributed by atoms with Crippen molar-refractivity contribution in [2.75, 3.05) is 53.9 Å². The summed E-state index contributed by atoms with van der Waals surface area (Å²) in [5.74, 6) is 1.27. The summed E-state index contributed by atoms with van der Waals surface area (Å²) in [6.45, 7) is 8.74. The van der Waals surface area contributed by atoms with Crippen LogP contribution in [-0.4, -0.2) is 86.4 Å². The summed E-state index contributed by atoms with van der Waals surface area (Å²) >= 11 is 0. The zero-order valence-electron chi connectivity index (χ0n) is 19.0. The molecule has 1 rings (SSSR count). The molecule has 0 fully saturated rings. The molecule has 9 heteroatoms. The molecule has 0 aromatic heterocycles. The van der Waals surface area contributed by atoms with E-state index in [-0.39, 0.29) is 48.9 Å². The van der Waals surface area contributed by atoms with E-state index in [1.165, 1.54) is 4.90 Å². The quantitative estimate of drug-likeness (QED) is 0.283. The van der Waals surface area contributed by atoms with Crippen LogP contribution in [-0.2, 0) is 16.1 Å². The van der Waals surface area contributed by atoms with Crippen LogP contribution >= 0.6 is 24.0 Å². The van der Waals surface area contributed by atoms with Crippen LogP contribution in [0.25, 0.3) is 0 Å². The van der Waals surface area contributed by atoms with Crippen LogP contribution in [0.3, 0.4) is 0 Å². The molecule has 8 nitrogen and oxygen atoms in total. The molecule has 0 unspecified atom stereocenters. The third-order valence-electron chi connectivity index (χ3n) is 4.36. The first-order valence-corrected chi connectivity index (χ1v) is 10.0. The van der Waals surface area contributed by atoms with E-state index in [9.17, 15) is 9.59 Å². The number of nitrogens with one attached hydrogen (secondary N) is 1. The van der Waals surface area contributed by atoms with Gasteiger partial charge in [-0.2, -0.15) is 0 Å². The van der Waals surface area contributed by atoms with Crippen molar-refractivity contribution < 1.29 is 14.3 Å². The van der Waals surface area contributed by atoms with E-state index in [0.29, 0.717) is 37.9 Å². The molecule has 0 saturated heterocycles. The molecule has 0 aliphatic rings. The number of rotatable bonds is 10. The number of guanidine groups is 1. The molecule has 1 aromatic carbocycles. The van der Waals surface area contributed by atoms with Gasteiger partial charge in [0.25, 0.3) is 5.91 Å². The average molecular weight is 533 g/mol. The average Bonchev–Trinajstić information content (AvgIpc) is 2.70. The number of carbonyl (C=O) groups excluding carboxylic acids is 2. The Balaban J connectivity index is 0.00000841. The van der Waals surface area contributed by atoms with E-state index in [1.54, 1.807) is 19.0 Å². The Bertz CT molecular complexity index is 693. The van der Waals surface area contributed by atoms with Gasteiger partial charge >= 0.3 is 0 Å². The van der Waals surface area contributed by atoms with E-state index in [0.717, 1.165) is 5.56 Å². The standard InChI is InChI=1S/C21H35N5O3.HI/c1-7-22-21(25(6)15-19(27)26(8-2)9-3)23-14-17-11-10-12-18(13-17)29-16-20(28)24(4)5;/h10-13H,7-9,14-16H2,1-6H3,(H,22,23);1H. The van der Waals surface area contributed by atoms with Gasteiger partial charge in [-0.25, -0.2) is 4.99 Å². The van der Waals surface area contributed by atoms with Gasteiger partial charge in [0.05, 0.1) is 13.1 Å². The minimum atomic E-state index is -0.0950. The Morgan fingerprint density at radius 2 is 1.73 bits per heavy atom. The lowest BCUT2D eigenvalue weighted by molar-refractivity contribution is -0.131. The highest BCUT2D eigenvalue weighted by atomic mass is 127. The predicted molar refractivity (Wildman–Crippen MR) is 131 cm³/mol. The summed E-state index contributed by atoms with van der Waals surface area (Å²) < 4.78 is 5.56. The van der Waals surface area contributed by atoms with E-state index in [2.05, 4.69) is 10.3 Å². The minimum absolute atomic E-state index is 0. The van der Waals surface area contributed by atoms with Gasteiger partial charge < -0.3 is 24.8 Å². The molecular weight excluding hydrogens is 497 g/mol. The lowest BCUT2D eigenvalue weighted by atomic mass is 10.2. The van der Waals surface area contributed by atoms with Gasteiger partial charge in [0, 0.05) is 40.8 Å². The lowest BCUT2D eigenvalue weighted by Gasteiger charge is -2.25. The van der Waals surface area contributed by atoms with Gasteiger partial charge in [-0.15, -0.1) is 24.0 Å². The van der Waals surface area contributed by atoms with Crippen molar-refractivity contribution in [1.82, 2.24) is 20.0 Å². The van der Waals surface area contributed by atoms with Crippen molar-refractivity contribution in [3.05, 3.63) is 29.8 Å². The van der Waals surface area contributed by atoms with Crippen LogP contribution in [0.1, 0.15) is 26.3 Å². The first kappa shape index (κ1) is 28.0. The van der Waals surface area contributed by atoms with Crippen molar-refractivity contribution in [1.29, 1.82) is 0 Å². The largest absolute Gasteiger partial charge is 0.484 e. The molecule has 0 bridgehead atoms. The number of likely N-dealkylation sites (N-methyl/N-ethyl adjacent to an activating group) is 3. The molecule has 0 spiro atoms. The number of halogens is 1. The van der Waals surface area contributed by atoms with Crippen molar-refractivity contribution in [3.8, 4) is 5.75 Å². The summed E-state index contributed by atoms with van der Waals surface area (Å²) in [4.78, 5) is 33.8. The maximum atomic E-state index is 12.4. The van der Waals surface area contributed by atoms with Crippen molar-refractivity contribution in [3.63, 3.8) is 0 Å². The fourth-order valence-electron chi connectivity index (χ4n) is 2.60. The van der Waals surface area contributed by atoms with Gasteiger partial charge in [0.15, 0.2) is 12.6 Å². The molecule has 0 radical (unpaired) electrons. The van der Waals surface area contributed by atoms with Crippen LogP contribution in [0, 0.1) is 0 Å². The summed E-state index contributed by atoms with van der Waals surface area (Å²) in [7, 11) is 5.25. The maximum Gasteiger partial charge on any atom is 0.259 e. The van der Waals surface area contributed by atoms with Crippen LogP contribution in [0.2, 0.25) is 0 Å². The summed E-state index contributed by atoms with van der Waals surface area (Å²) in [6.07, 6.45) is 0. The number of nitrogens with zero attached hydrogens (tertiary/aromatic N) is 4. The Labute approximate surface area is 197 Å². The van der Waals surface area contributed by atoms with Crippen LogP contribution in [0.15, 0.2) is 29.3 Å². The molecule has 30 heavy (non-hydrogen) atoms. The highest BCUT2D eigenvalue weighted by molar-refractivity contribution is 14.0. The zero-order chi connectivity index (χ0) is 21.8. The Morgan fingerprint density at radius 3 is 2.30 bits per heavy atom. The molecule has 170 valence electrons. The molecule has 1 aromatic rings. The molecular formula is C21H36IN5O3. The van der Waals surface area contributed by atoms with Crippen LogP contribution in [0.5, 0.6) is 5.75 Å². The van der Waals surface area contributed by atoms with Crippen LogP contribution < -0.4 is 10.1 Å². The fourth-order valence-corrected chi connectivity index (χ4v) is 2.60.